The standard InChI is InChI=1S/C16H13BrF2N2/c1-10(12-2-4-13(17)5-3-12)21-9-14-15(18)6-11(8-20)7-16(14)19/h2-7,10,21H,9H2,1H3. The van der Waals surface area contributed by atoms with E-state index < -0.39 is 11.6 Å². The summed E-state index contributed by atoms with van der Waals surface area (Å²) in [6.07, 6.45) is 0. The molecule has 0 saturated carbocycles. The lowest BCUT2D eigenvalue weighted by Gasteiger charge is -2.15. The highest BCUT2D eigenvalue weighted by atomic mass is 79.9. The predicted molar refractivity (Wildman–Crippen MR) is 80.5 cm³/mol. The first-order chi connectivity index (χ1) is 10.0. The normalized spacial score (nSPS) is 12.0. The van der Waals surface area contributed by atoms with Crippen LogP contribution in [-0.4, -0.2) is 0 Å². The lowest BCUT2D eigenvalue weighted by molar-refractivity contribution is 0.508. The van der Waals surface area contributed by atoms with Crippen LogP contribution in [-0.2, 0) is 6.54 Å². The average Bonchev–Trinajstić information content (AvgIpc) is 2.46. The van der Waals surface area contributed by atoms with Crippen molar-refractivity contribution in [3.63, 3.8) is 0 Å². The van der Waals surface area contributed by atoms with Crippen LogP contribution in [0.5, 0.6) is 0 Å². The molecule has 2 aromatic carbocycles. The molecule has 108 valence electrons. The fraction of sp³-hybridized carbons (Fsp3) is 0.188. The molecule has 0 amide bonds. The number of halogens is 3. The van der Waals surface area contributed by atoms with Gasteiger partial charge in [-0.1, -0.05) is 28.1 Å². The van der Waals surface area contributed by atoms with E-state index in [4.69, 9.17) is 5.26 Å². The van der Waals surface area contributed by atoms with Gasteiger partial charge in [0.25, 0.3) is 0 Å². The van der Waals surface area contributed by atoms with Crippen molar-refractivity contribution in [2.45, 2.75) is 19.5 Å². The fourth-order valence-corrected chi connectivity index (χ4v) is 2.23. The molecule has 0 saturated heterocycles. The molecule has 1 N–H and O–H groups in total. The van der Waals surface area contributed by atoms with Crippen LogP contribution >= 0.6 is 15.9 Å². The van der Waals surface area contributed by atoms with Crippen LogP contribution in [0.2, 0.25) is 0 Å². The fourth-order valence-electron chi connectivity index (χ4n) is 1.96. The number of nitrogens with one attached hydrogen (secondary N) is 1. The Morgan fingerprint density at radius 3 is 2.29 bits per heavy atom. The number of benzene rings is 2. The molecule has 2 nitrogen and oxygen atoms in total. The Morgan fingerprint density at radius 1 is 1.19 bits per heavy atom. The van der Waals surface area contributed by atoms with Crippen molar-refractivity contribution >= 4 is 15.9 Å². The van der Waals surface area contributed by atoms with Crippen molar-refractivity contribution in [1.82, 2.24) is 5.32 Å². The Hall–Kier alpha value is -1.77. The Balaban J connectivity index is 2.10. The highest BCUT2D eigenvalue weighted by Gasteiger charge is 2.13. The van der Waals surface area contributed by atoms with E-state index in [-0.39, 0.29) is 23.7 Å². The second-order valence-corrected chi connectivity index (χ2v) is 5.60. The average molecular weight is 351 g/mol. The summed E-state index contributed by atoms with van der Waals surface area (Å²) >= 11 is 3.36. The topological polar surface area (TPSA) is 35.8 Å². The Kier molecular flexibility index (Phi) is 5.05. The van der Waals surface area contributed by atoms with Crippen LogP contribution in [0, 0.1) is 23.0 Å². The maximum Gasteiger partial charge on any atom is 0.131 e. The van der Waals surface area contributed by atoms with Crippen molar-refractivity contribution in [3.8, 4) is 6.07 Å². The van der Waals surface area contributed by atoms with E-state index in [1.54, 1.807) is 6.07 Å². The molecule has 1 unspecified atom stereocenters. The number of rotatable bonds is 4. The molecule has 0 radical (unpaired) electrons. The summed E-state index contributed by atoms with van der Waals surface area (Å²) in [5, 5.41) is 11.7. The molecule has 21 heavy (non-hydrogen) atoms. The molecular weight excluding hydrogens is 338 g/mol. The van der Waals surface area contributed by atoms with Crippen LogP contribution in [0.25, 0.3) is 0 Å². The van der Waals surface area contributed by atoms with Gasteiger partial charge in [-0.05, 0) is 36.8 Å². The van der Waals surface area contributed by atoms with Crippen molar-refractivity contribution < 1.29 is 8.78 Å². The monoisotopic (exact) mass is 350 g/mol. The van der Waals surface area contributed by atoms with Gasteiger partial charge < -0.3 is 5.32 Å². The number of nitriles is 1. The van der Waals surface area contributed by atoms with Crippen LogP contribution < -0.4 is 5.32 Å². The molecule has 0 heterocycles. The van der Waals surface area contributed by atoms with Crippen molar-refractivity contribution in [1.29, 1.82) is 5.26 Å². The molecule has 1 atom stereocenters. The second-order valence-electron chi connectivity index (χ2n) is 4.68. The minimum atomic E-state index is -0.706. The third-order valence-electron chi connectivity index (χ3n) is 3.23. The van der Waals surface area contributed by atoms with E-state index in [9.17, 15) is 8.78 Å². The Labute approximate surface area is 130 Å². The van der Waals surface area contributed by atoms with E-state index >= 15 is 0 Å². The molecule has 0 aromatic heterocycles. The summed E-state index contributed by atoms with van der Waals surface area (Å²) in [6, 6.07) is 11.5. The van der Waals surface area contributed by atoms with Gasteiger partial charge in [0.15, 0.2) is 0 Å². The maximum absolute atomic E-state index is 13.8. The Morgan fingerprint density at radius 2 is 1.76 bits per heavy atom. The first-order valence-corrected chi connectivity index (χ1v) is 7.17. The molecule has 2 rings (SSSR count). The predicted octanol–water partition coefficient (Wildman–Crippen LogP) is 4.45. The Bertz CT molecular complexity index is 655. The smallest absolute Gasteiger partial charge is 0.131 e. The second kappa shape index (κ2) is 6.79. The van der Waals surface area contributed by atoms with Crippen LogP contribution in [0.3, 0.4) is 0 Å². The SMILES string of the molecule is CC(NCc1c(F)cc(C#N)cc1F)c1ccc(Br)cc1. The first kappa shape index (κ1) is 15.6. The maximum atomic E-state index is 13.8. The van der Waals surface area contributed by atoms with Crippen molar-refractivity contribution in [2.75, 3.05) is 0 Å². The molecule has 0 spiro atoms. The zero-order chi connectivity index (χ0) is 15.4. The van der Waals surface area contributed by atoms with E-state index in [0.29, 0.717) is 0 Å². The molecule has 0 bridgehead atoms. The summed E-state index contributed by atoms with van der Waals surface area (Å²) in [5.41, 5.74) is 0.945. The third kappa shape index (κ3) is 3.87. The number of hydrogen-bond donors (Lipinski definition) is 1. The van der Waals surface area contributed by atoms with E-state index in [2.05, 4.69) is 21.2 Å². The van der Waals surface area contributed by atoms with Gasteiger partial charge in [-0.3, -0.25) is 0 Å². The molecule has 2 aromatic rings. The van der Waals surface area contributed by atoms with Crippen LogP contribution in [0.4, 0.5) is 8.78 Å². The van der Waals surface area contributed by atoms with E-state index in [0.717, 1.165) is 22.2 Å². The van der Waals surface area contributed by atoms with Gasteiger partial charge >= 0.3 is 0 Å². The van der Waals surface area contributed by atoms with Crippen LogP contribution in [0.1, 0.15) is 29.7 Å². The lowest BCUT2D eigenvalue weighted by Crippen LogP contribution is -2.19. The minimum absolute atomic E-state index is 0.0188. The lowest BCUT2D eigenvalue weighted by atomic mass is 10.1. The first-order valence-electron chi connectivity index (χ1n) is 6.38. The van der Waals surface area contributed by atoms with Crippen molar-refractivity contribution in [3.05, 3.63) is 69.2 Å². The molecule has 0 aliphatic heterocycles. The largest absolute Gasteiger partial charge is 0.306 e. The zero-order valence-electron chi connectivity index (χ0n) is 11.3. The van der Waals surface area contributed by atoms with Gasteiger partial charge in [0.2, 0.25) is 0 Å². The highest BCUT2D eigenvalue weighted by Crippen LogP contribution is 2.19. The van der Waals surface area contributed by atoms with Gasteiger partial charge in [0.1, 0.15) is 11.6 Å². The van der Waals surface area contributed by atoms with E-state index in [1.807, 2.05) is 31.2 Å². The van der Waals surface area contributed by atoms with Crippen LogP contribution in [0.15, 0.2) is 40.9 Å². The van der Waals surface area contributed by atoms with Gasteiger partial charge in [0.05, 0.1) is 11.6 Å². The van der Waals surface area contributed by atoms with Gasteiger partial charge in [-0.25, -0.2) is 8.78 Å². The van der Waals surface area contributed by atoms with Gasteiger partial charge in [0, 0.05) is 22.6 Å². The number of hydrogen-bond acceptors (Lipinski definition) is 2. The molecule has 0 aliphatic rings. The van der Waals surface area contributed by atoms with Crippen molar-refractivity contribution in [2.24, 2.45) is 0 Å². The summed E-state index contributed by atoms with van der Waals surface area (Å²) in [5.74, 6) is -1.41. The summed E-state index contributed by atoms with van der Waals surface area (Å²) in [6.45, 7) is 1.98. The quantitative estimate of drug-likeness (QED) is 0.884. The van der Waals surface area contributed by atoms with E-state index in [1.165, 1.54) is 0 Å². The molecule has 0 aliphatic carbocycles. The zero-order valence-corrected chi connectivity index (χ0v) is 12.9. The minimum Gasteiger partial charge on any atom is -0.306 e. The summed E-state index contributed by atoms with van der Waals surface area (Å²) < 4.78 is 28.5. The summed E-state index contributed by atoms with van der Waals surface area (Å²) in [7, 11) is 0. The molecule has 5 heteroatoms. The van der Waals surface area contributed by atoms with Gasteiger partial charge in [-0.15, -0.1) is 0 Å². The third-order valence-corrected chi connectivity index (χ3v) is 3.75. The summed E-state index contributed by atoms with van der Waals surface area (Å²) in [4.78, 5) is 0. The molecule has 0 fully saturated rings. The molecular formula is C16H13BrF2N2. The highest BCUT2D eigenvalue weighted by molar-refractivity contribution is 9.10. The van der Waals surface area contributed by atoms with Gasteiger partial charge in [-0.2, -0.15) is 5.26 Å². The number of nitrogens with zero attached hydrogens (tertiary/aromatic N) is 1.